The van der Waals surface area contributed by atoms with Crippen LogP contribution in [-0.4, -0.2) is 33.7 Å². The molecule has 0 atom stereocenters. The van der Waals surface area contributed by atoms with Crippen LogP contribution in [0.3, 0.4) is 0 Å². The molecule has 150 valence electrons. The number of amides is 1. The Morgan fingerprint density at radius 1 is 1.10 bits per heavy atom. The summed E-state index contributed by atoms with van der Waals surface area (Å²) in [4.78, 5) is 13.9. The second-order valence-corrected chi connectivity index (χ2v) is 8.06. The van der Waals surface area contributed by atoms with Crippen LogP contribution in [0.2, 0.25) is 0 Å². The zero-order valence-corrected chi connectivity index (χ0v) is 17.1. The molecular formula is C24H28N4O. The minimum Gasteiger partial charge on any atom is -0.369 e. The highest BCUT2D eigenvalue weighted by molar-refractivity contribution is 5.76. The van der Waals surface area contributed by atoms with Crippen molar-refractivity contribution < 1.29 is 4.79 Å². The highest BCUT2D eigenvalue weighted by atomic mass is 16.1. The van der Waals surface area contributed by atoms with Crippen molar-refractivity contribution in [2.75, 3.05) is 13.1 Å². The van der Waals surface area contributed by atoms with Crippen LogP contribution in [-0.2, 0) is 11.3 Å². The highest BCUT2D eigenvalue weighted by Crippen LogP contribution is 2.27. The van der Waals surface area contributed by atoms with Crippen molar-refractivity contribution >= 4 is 5.91 Å². The van der Waals surface area contributed by atoms with Crippen LogP contribution in [0.4, 0.5) is 0 Å². The Morgan fingerprint density at radius 3 is 2.52 bits per heavy atom. The summed E-state index contributed by atoms with van der Waals surface area (Å²) in [7, 11) is 0. The number of hydrogen-bond donors (Lipinski definition) is 1. The van der Waals surface area contributed by atoms with Crippen LogP contribution in [0.25, 0.3) is 16.9 Å². The molecule has 4 rings (SSSR count). The van der Waals surface area contributed by atoms with Gasteiger partial charge < -0.3 is 5.73 Å². The Labute approximate surface area is 172 Å². The number of rotatable bonds is 5. The van der Waals surface area contributed by atoms with Crippen LogP contribution in [0.1, 0.15) is 29.5 Å². The number of carbonyl (C=O) groups excluding carboxylic acids is 1. The second-order valence-electron chi connectivity index (χ2n) is 8.06. The maximum atomic E-state index is 11.5. The molecule has 2 aromatic carbocycles. The first-order chi connectivity index (χ1) is 14.0. The van der Waals surface area contributed by atoms with Crippen LogP contribution in [0.5, 0.6) is 0 Å². The third-order valence-corrected chi connectivity index (χ3v) is 5.83. The number of benzene rings is 2. The van der Waals surface area contributed by atoms with Gasteiger partial charge in [-0.3, -0.25) is 9.69 Å². The molecule has 0 saturated carbocycles. The molecule has 0 radical (unpaired) electrons. The van der Waals surface area contributed by atoms with Crippen molar-refractivity contribution in [2.24, 2.45) is 11.7 Å². The number of piperidine rings is 1. The number of nitrogens with zero attached hydrogens (tertiary/aromatic N) is 3. The Bertz CT molecular complexity index is 1000. The van der Waals surface area contributed by atoms with Gasteiger partial charge in [-0.2, -0.15) is 5.10 Å². The predicted molar refractivity (Wildman–Crippen MR) is 116 cm³/mol. The maximum Gasteiger partial charge on any atom is 0.220 e. The molecule has 2 N–H and O–H groups in total. The van der Waals surface area contributed by atoms with Crippen LogP contribution >= 0.6 is 0 Å². The maximum absolute atomic E-state index is 11.5. The van der Waals surface area contributed by atoms with Gasteiger partial charge in [0.1, 0.15) is 0 Å². The summed E-state index contributed by atoms with van der Waals surface area (Å²) in [6, 6.07) is 16.8. The first-order valence-electron chi connectivity index (χ1n) is 10.2. The fourth-order valence-electron chi connectivity index (χ4n) is 4.07. The SMILES string of the molecule is Cc1ccc(C)c(-n2cc(CN3CCC(C(N)=O)CC3)c(-c3ccccc3)n2)c1. The fraction of sp³-hybridized carbons (Fsp3) is 0.333. The van der Waals surface area contributed by atoms with Gasteiger partial charge in [0.05, 0.1) is 11.4 Å². The molecule has 3 aromatic rings. The summed E-state index contributed by atoms with van der Waals surface area (Å²) in [5.41, 5.74) is 12.4. The molecule has 1 amide bonds. The van der Waals surface area contributed by atoms with Crippen LogP contribution in [0.15, 0.2) is 54.7 Å². The van der Waals surface area contributed by atoms with Crippen molar-refractivity contribution in [3.05, 3.63) is 71.4 Å². The third kappa shape index (κ3) is 4.25. The molecule has 5 nitrogen and oxygen atoms in total. The van der Waals surface area contributed by atoms with E-state index in [1.54, 1.807) is 0 Å². The molecule has 0 spiro atoms. The number of aromatic nitrogens is 2. The van der Waals surface area contributed by atoms with Gasteiger partial charge in [-0.1, -0.05) is 42.5 Å². The van der Waals surface area contributed by atoms with E-state index >= 15 is 0 Å². The third-order valence-electron chi connectivity index (χ3n) is 5.83. The minimum absolute atomic E-state index is 0.0116. The van der Waals surface area contributed by atoms with Crippen molar-refractivity contribution in [1.82, 2.24) is 14.7 Å². The summed E-state index contributed by atoms with van der Waals surface area (Å²) in [5, 5.41) is 4.98. The van der Waals surface area contributed by atoms with E-state index in [0.29, 0.717) is 0 Å². The lowest BCUT2D eigenvalue weighted by Gasteiger charge is -2.30. The second kappa shape index (κ2) is 8.21. The largest absolute Gasteiger partial charge is 0.369 e. The monoisotopic (exact) mass is 388 g/mol. The van der Waals surface area contributed by atoms with E-state index in [2.05, 4.69) is 55.3 Å². The molecule has 1 aliphatic rings. The summed E-state index contributed by atoms with van der Waals surface area (Å²) in [6.45, 7) is 6.81. The Morgan fingerprint density at radius 2 is 1.83 bits per heavy atom. The molecule has 1 aliphatic heterocycles. The highest BCUT2D eigenvalue weighted by Gasteiger charge is 2.24. The molecule has 1 fully saturated rings. The van der Waals surface area contributed by atoms with Crippen molar-refractivity contribution in [3.63, 3.8) is 0 Å². The van der Waals surface area contributed by atoms with E-state index in [-0.39, 0.29) is 11.8 Å². The molecule has 2 heterocycles. The molecule has 5 heteroatoms. The van der Waals surface area contributed by atoms with Gasteiger partial charge >= 0.3 is 0 Å². The molecule has 29 heavy (non-hydrogen) atoms. The van der Waals surface area contributed by atoms with E-state index in [9.17, 15) is 4.79 Å². The van der Waals surface area contributed by atoms with Gasteiger partial charge in [-0.15, -0.1) is 0 Å². The number of primary amides is 1. The molecule has 0 unspecified atom stereocenters. The quantitative estimate of drug-likeness (QED) is 0.722. The standard InChI is InChI=1S/C24H28N4O/c1-17-8-9-18(2)22(14-17)28-16-21(23(26-28)19-6-4-3-5-7-19)15-27-12-10-20(11-13-27)24(25)29/h3-9,14,16,20H,10-13,15H2,1-2H3,(H2,25,29). The Hall–Kier alpha value is -2.92. The van der Waals surface area contributed by atoms with Gasteiger partial charge in [0.15, 0.2) is 0 Å². The van der Waals surface area contributed by atoms with E-state index in [0.717, 1.165) is 49.4 Å². The lowest BCUT2D eigenvalue weighted by Crippen LogP contribution is -2.38. The Balaban J connectivity index is 1.66. The summed E-state index contributed by atoms with van der Waals surface area (Å²) in [5.74, 6) is -0.158. The van der Waals surface area contributed by atoms with Crippen molar-refractivity contribution in [1.29, 1.82) is 0 Å². The van der Waals surface area contributed by atoms with Gasteiger partial charge in [-0.25, -0.2) is 4.68 Å². The first-order valence-corrected chi connectivity index (χ1v) is 10.2. The van der Waals surface area contributed by atoms with Gasteiger partial charge in [0.2, 0.25) is 5.91 Å². The zero-order valence-electron chi connectivity index (χ0n) is 17.1. The number of aryl methyl sites for hydroxylation is 2. The average Bonchev–Trinajstić information content (AvgIpc) is 3.14. The van der Waals surface area contributed by atoms with Crippen molar-refractivity contribution in [2.45, 2.75) is 33.2 Å². The number of hydrogen-bond acceptors (Lipinski definition) is 3. The minimum atomic E-state index is -0.169. The molecule has 1 saturated heterocycles. The van der Waals surface area contributed by atoms with E-state index in [1.807, 2.05) is 22.9 Å². The van der Waals surface area contributed by atoms with Crippen LogP contribution < -0.4 is 5.73 Å². The number of nitrogens with two attached hydrogens (primary N) is 1. The average molecular weight is 389 g/mol. The van der Waals surface area contributed by atoms with Gasteiger partial charge in [0, 0.05) is 29.8 Å². The van der Waals surface area contributed by atoms with Gasteiger partial charge in [-0.05, 0) is 57.0 Å². The van der Waals surface area contributed by atoms with Crippen molar-refractivity contribution in [3.8, 4) is 16.9 Å². The van der Waals surface area contributed by atoms with E-state index in [4.69, 9.17) is 10.8 Å². The van der Waals surface area contributed by atoms with E-state index in [1.165, 1.54) is 16.7 Å². The van der Waals surface area contributed by atoms with Gasteiger partial charge in [0.25, 0.3) is 0 Å². The molecule has 0 bridgehead atoms. The lowest BCUT2D eigenvalue weighted by atomic mass is 9.96. The number of likely N-dealkylation sites (tertiary alicyclic amines) is 1. The topological polar surface area (TPSA) is 64.2 Å². The molecule has 1 aromatic heterocycles. The summed E-state index contributed by atoms with van der Waals surface area (Å²) < 4.78 is 2.01. The smallest absolute Gasteiger partial charge is 0.220 e. The van der Waals surface area contributed by atoms with E-state index < -0.39 is 0 Å². The predicted octanol–water partition coefficient (Wildman–Crippen LogP) is 3.85. The normalized spacial score (nSPS) is 15.5. The van der Waals surface area contributed by atoms with Crippen LogP contribution in [0, 0.1) is 19.8 Å². The summed E-state index contributed by atoms with van der Waals surface area (Å²) >= 11 is 0. The molecule has 0 aliphatic carbocycles. The summed E-state index contributed by atoms with van der Waals surface area (Å²) in [6.07, 6.45) is 3.83. The molecular weight excluding hydrogens is 360 g/mol. The zero-order chi connectivity index (χ0) is 20.4. The Kier molecular flexibility index (Phi) is 5.49. The number of carbonyl (C=O) groups is 1. The fourth-order valence-corrected chi connectivity index (χ4v) is 4.07. The first kappa shape index (κ1) is 19.4. The lowest BCUT2D eigenvalue weighted by molar-refractivity contribution is -0.123.